The smallest absolute Gasteiger partial charge is 0.0100 e. The van der Waals surface area contributed by atoms with Crippen LogP contribution in [0.1, 0.15) is 19.3 Å². The molecular formula is C8H16BrN. The molecule has 1 aliphatic rings. The van der Waals surface area contributed by atoms with Gasteiger partial charge in [-0.25, -0.2) is 0 Å². The van der Waals surface area contributed by atoms with E-state index >= 15 is 0 Å². The number of alkyl halides is 1. The van der Waals surface area contributed by atoms with Crippen molar-refractivity contribution in [1.29, 1.82) is 0 Å². The van der Waals surface area contributed by atoms with Crippen LogP contribution in [0.3, 0.4) is 0 Å². The molecule has 0 radical (unpaired) electrons. The van der Waals surface area contributed by atoms with Gasteiger partial charge in [0.15, 0.2) is 0 Å². The Morgan fingerprint density at radius 1 is 1.40 bits per heavy atom. The molecule has 0 unspecified atom stereocenters. The van der Waals surface area contributed by atoms with Gasteiger partial charge in [0.25, 0.3) is 0 Å². The van der Waals surface area contributed by atoms with Gasteiger partial charge in [0.2, 0.25) is 0 Å². The molecule has 2 heteroatoms. The van der Waals surface area contributed by atoms with Gasteiger partial charge >= 0.3 is 0 Å². The minimum Gasteiger partial charge on any atom is -0.309 e. The fourth-order valence-corrected chi connectivity index (χ4v) is 2.42. The van der Waals surface area contributed by atoms with Gasteiger partial charge in [0.1, 0.15) is 0 Å². The van der Waals surface area contributed by atoms with E-state index in [0.717, 1.165) is 0 Å². The topological polar surface area (TPSA) is 3.24 Å². The van der Waals surface area contributed by atoms with Crippen LogP contribution in [-0.4, -0.2) is 30.9 Å². The highest BCUT2D eigenvalue weighted by atomic mass is 79.9. The third-order valence-corrected chi connectivity index (χ3v) is 3.54. The monoisotopic (exact) mass is 205 g/mol. The molecular weight excluding hydrogens is 190 g/mol. The van der Waals surface area contributed by atoms with Crippen molar-refractivity contribution in [2.45, 2.75) is 19.3 Å². The summed E-state index contributed by atoms with van der Waals surface area (Å²) in [6, 6.07) is 0. The summed E-state index contributed by atoms with van der Waals surface area (Å²) in [5.74, 6) is 0. The van der Waals surface area contributed by atoms with Gasteiger partial charge < -0.3 is 4.90 Å². The summed E-state index contributed by atoms with van der Waals surface area (Å²) in [7, 11) is 4.31. The number of nitrogens with zero attached hydrogens (tertiary/aromatic N) is 1. The number of hydrogen-bond donors (Lipinski definition) is 0. The Morgan fingerprint density at radius 3 is 2.10 bits per heavy atom. The number of hydrogen-bond acceptors (Lipinski definition) is 1. The molecule has 0 aromatic carbocycles. The van der Waals surface area contributed by atoms with Crippen LogP contribution in [-0.2, 0) is 0 Å². The van der Waals surface area contributed by atoms with Crippen molar-refractivity contribution in [3.63, 3.8) is 0 Å². The molecule has 0 aromatic rings. The van der Waals surface area contributed by atoms with Crippen molar-refractivity contribution in [3.05, 3.63) is 0 Å². The Kier molecular flexibility index (Phi) is 2.75. The summed E-state index contributed by atoms with van der Waals surface area (Å²) in [5.41, 5.74) is 0.628. The van der Waals surface area contributed by atoms with E-state index < -0.39 is 0 Å². The largest absolute Gasteiger partial charge is 0.309 e. The first-order valence-electron chi connectivity index (χ1n) is 3.89. The molecule has 0 saturated heterocycles. The van der Waals surface area contributed by atoms with E-state index in [9.17, 15) is 0 Å². The lowest BCUT2D eigenvalue weighted by atomic mass is 9.70. The molecule has 1 saturated carbocycles. The van der Waals surface area contributed by atoms with E-state index in [2.05, 4.69) is 34.9 Å². The van der Waals surface area contributed by atoms with Gasteiger partial charge in [0, 0.05) is 11.9 Å². The molecule has 0 heterocycles. The van der Waals surface area contributed by atoms with Crippen molar-refractivity contribution in [2.75, 3.05) is 26.0 Å². The van der Waals surface area contributed by atoms with E-state index in [-0.39, 0.29) is 0 Å². The standard InChI is InChI=1S/C8H16BrN/c1-10(2)7-8(6-9)4-3-5-8/h3-7H2,1-2H3. The molecule has 1 aliphatic carbocycles. The van der Waals surface area contributed by atoms with Gasteiger partial charge in [-0.05, 0) is 32.4 Å². The molecule has 0 atom stereocenters. The van der Waals surface area contributed by atoms with Gasteiger partial charge in [-0.15, -0.1) is 0 Å². The summed E-state index contributed by atoms with van der Waals surface area (Å²) in [6.45, 7) is 1.25. The molecule has 0 N–H and O–H groups in total. The van der Waals surface area contributed by atoms with E-state index in [1.54, 1.807) is 0 Å². The Hall–Kier alpha value is 0.440. The lowest BCUT2D eigenvalue weighted by molar-refractivity contribution is 0.119. The highest BCUT2D eigenvalue weighted by Crippen LogP contribution is 2.42. The van der Waals surface area contributed by atoms with Crippen LogP contribution >= 0.6 is 15.9 Å². The zero-order valence-electron chi connectivity index (χ0n) is 6.86. The summed E-state index contributed by atoms with van der Waals surface area (Å²) < 4.78 is 0. The SMILES string of the molecule is CN(C)CC1(CBr)CCC1. The fourth-order valence-electron chi connectivity index (χ4n) is 1.68. The molecule has 1 nitrogen and oxygen atoms in total. The van der Waals surface area contributed by atoms with Gasteiger partial charge in [-0.2, -0.15) is 0 Å². The van der Waals surface area contributed by atoms with E-state index in [4.69, 9.17) is 0 Å². The van der Waals surface area contributed by atoms with Crippen LogP contribution in [0.15, 0.2) is 0 Å². The maximum Gasteiger partial charge on any atom is 0.0100 e. The molecule has 60 valence electrons. The highest BCUT2D eigenvalue weighted by Gasteiger charge is 2.35. The maximum absolute atomic E-state index is 3.59. The van der Waals surface area contributed by atoms with Crippen LogP contribution in [0, 0.1) is 5.41 Å². The summed E-state index contributed by atoms with van der Waals surface area (Å²) in [4.78, 5) is 2.29. The second-order valence-electron chi connectivity index (χ2n) is 3.72. The second-order valence-corrected chi connectivity index (χ2v) is 4.29. The first-order valence-corrected chi connectivity index (χ1v) is 5.01. The highest BCUT2D eigenvalue weighted by molar-refractivity contribution is 9.09. The Morgan fingerprint density at radius 2 is 2.00 bits per heavy atom. The molecule has 0 amide bonds. The van der Waals surface area contributed by atoms with Crippen LogP contribution in [0.4, 0.5) is 0 Å². The van der Waals surface area contributed by atoms with E-state index in [1.165, 1.54) is 31.1 Å². The predicted molar refractivity (Wildman–Crippen MR) is 48.6 cm³/mol. The summed E-state index contributed by atoms with van der Waals surface area (Å²) in [5, 5.41) is 1.18. The molecule has 1 fully saturated rings. The lowest BCUT2D eigenvalue weighted by Crippen LogP contribution is -2.40. The quantitative estimate of drug-likeness (QED) is 0.639. The number of rotatable bonds is 3. The van der Waals surface area contributed by atoms with Crippen molar-refractivity contribution in [1.82, 2.24) is 4.90 Å². The van der Waals surface area contributed by atoms with Crippen molar-refractivity contribution >= 4 is 15.9 Å². The van der Waals surface area contributed by atoms with Crippen molar-refractivity contribution in [2.24, 2.45) is 5.41 Å². The molecule has 1 rings (SSSR count). The number of halogens is 1. The average molecular weight is 206 g/mol. The predicted octanol–water partition coefficient (Wildman–Crippen LogP) is 2.11. The molecule has 0 spiro atoms. The fraction of sp³-hybridized carbons (Fsp3) is 1.00. The van der Waals surface area contributed by atoms with Crippen molar-refractivity contribution in [3.8, 4) is 0 Å². The minimum atomic E-state index is 0.628. The average Bonchev–Trinajstić information content (AvgIpc) is 1.78. The van der Waals surface area contributed by atoms with Gasteiger partial charge in [-0.1, -0.05) is 22.4 Å². The first-order chi connectivity index (χ1) is 4.68. The van der Waals surface area contributed by atoms with Crippen LogP contribution in [0.2, 0.25) is 0 Å². The van der Waals surface area contributed by atoms with Crippen LogP contribution < -0.4 is 0 Å². The van der Waals surface area contributed by atoms with E-state index in [0.29, 0.717) is 5.41 Å². The first kappa shape index (κ1) is 8.54. The molecule has 0 aromatic heterocycles. The van der Waals surface area contributed by atoms with E-state index in [1.807, 2.05) is 0 Å². The third kappa shape index (κ3) is 1.73. The Bertz CT molecular complexity index is 102. The van der Waals surface area contributed by atoms with Crippen LogP contribution in [0.25, 0.3) is 0 Å². The normalized spacial score (nSPS) is 22.8. The van der Waals surface area contributed by atoms with Gasteiger partial charge in [0.05, 0.1) is 0 Å². The summed E-state index contributed by atoms with van der Waals surface area (Å²) >= 11 is 3.59. The van der Waals surface area contributed by atoms with Crippen LogP contribution in [0.5, 0.6) is 0 Å². The maximum atomic E-state index is 3.59. The second kappa shape index (κ2) is 3.22. The Balaban J connectivity index is 2.33. The Labute approximate surface area is 71.9 Å². The minimum absolute atomic E-state index is 0.628. The molecule has 10 heavy (non-hydrogen) atoms. The molecule has 0 bridgehead atoms. The lowest BCUT2D eigenvalue weighted by Gasteiger charge is -2.42. The third-order valence-electron chi connectivity index (χ3n) is 2.35. The summed E-state index contributed by atoms with van der Waals surface area (Å²) in [6.07, 6.45) is 4.26. The van der Waals surface area contributed by atoms with Gasteiger partial charge in [-0.3, -0.25) is 0 Å². The molecule has 0 aliphatic heterocycles. The van der Waals surface area contributed by atoms with Crippen molar-refractivity contribution < 1.29 is 0 Å². The zero-order chi connectivity index (χ0) is 7.61. The zero-order valence-corrected chi connectivity index (χ0v) is 8.45.